The molecule has 0 fully saturated rings. The minimum atomic E-state index is -1.02. The fraction of sp³-hybridized carbons (Fsp3) is 0.312. The topological polar surface area (TPSA) is 63.7 Å². The van der Waals surface area contributed by atoms with Gasteiger partial charge in [0.15, 0.2) is 5.78 Å². The van der Waals surface area contributed by atoms with E-state index in [4.69, 9.17) is 0 Å². The summed E-state index contributed by atoms with van der Waals surface area (Å²) < 4.78 is 4.67. The Kier molecular flexibility index (Phi) is 5.84. The molecule has 0 aliphatic rings. The van der Waals surface area contributed by atoms with Crippen molar-refractivity contribution in [2.75, 3.05) is 20.7 Å². The second-order valence-electron chi connectivity index (χ2n) is 4.75. The zero-order chi connectivity index (χ0) is 16.0. The Bertz CT molecular complexity index is 570. The van der Waals surface area contributed by atoms with Gasteiger partial charge in [-0.25, -0.2) is 4.79 Å². The molecule has 5 nitrogen and oxygen atoms in total. The second kappa shape index (κ2) is 7.38. The second-order valence-corrected chi connectivity index (χ2v) is 4.75. The van der Waals surface area contributed by atoms with E-state index >= 15 is 0 Å². The average Bonchev–Trinajstić information content (AvgIpc) is 2.44. The van der Waals surface area contributed by atoms with Crippen LogP contribution in [0.5, 0.6) is 0 Å². The van der Waals surface area contributed by atoms with E-state index in [0.29, 0.717) is 5.56 Å². The first kappa shape index (κ1) is 16.6. The van der Waals surface area contributed by atoms with Crippen molar-refractivity contribution >= 4 is 17.5 Å². The van der Waals surface area contributed by atoms with E-state index in [1.165, 1.54) is 6.20 Å². The van der Waals surface area contributed by atoms with E-state index in [1.54, 1.807) is 50.2 Å². The average molecular weight is 289 g/mol. The highest BCUT2D eigenvalue weighted by molar-refractivity contribution is 6.48. The minimum absolute atomic E-state index is 0.0819. The quantitative estimate of drug-likeness (QED) is 0.199. The summed E-state index contributed by atoms with van der Waals surface area (Å²) in [5, 5.41) is 0. The zero-order valence-corrected chi connectivity index (χ0v) is 12.7. The Morgan fingerprint density at radius 1 is 1.14 bits per heavy atom. The van der Waals surface area contributed by atoms with Gasteiger partial charge in [-0.15, -0.1) is 0 Å². The third-order valence-electron chi connectivity index (χ3n) is 2.65. The standard InChI is InChI=1S/C16H19NO4/c1-5-21-16(20)15(19)13(10-17(3)4)14(18)12-8-6-11(2)7-9-12/h6-10H,5H2,1-4H3/b13-10+. The fourth-order valence-corrected chi connectivity index (χ4v) is 1.65. The molecule has 0 bridgehead atoms. The Morgan fingerprint density at radius 2 is 1.71 bits per heavy atom. The highest BCUT2D eigenvalue weighted by Crippen LogP contribution is 2.12. The van der Waals surface area contributed by atoms with Crippen molar-refractivity contribution in [1.29, 1.82) is 0 Å². The van der Waals surface area contributed by atoms with Crippen molar-refractivity contribution in [3.63, 3.8) is 0 Å². The van der Waals surface area contributed by atoms with Crippen molar-refractivity contribution in [3.05, 3.63) is 47.2 Å². The minimum Gasteiger partial charge on any atom is -0.460 e. The SMILES string of the molecule is CCOC(=O)C(=O)/C(=C/N(C)C)C(=O)c1ccc(C)cc1. The Morgan fingerprint density at radius 3 is 2.19 bits per heavy atom. The maximum atomic E-state index is 12.4. The fourth-order valence-electron chi connectivity index (χ4n) is 1.65. The highest BCUT2D eigenvalue weighted by Gasteiger charge is 2.27. The van der Waals surface area contributed by atoms with Crippen molar-refractivity contribution in [1.82, 2.24) is 4.90 Å². The number of hydrogen-bond acceptors (Lipinski definition) is 5. The Hall–Kier alpha value is -2.43. The van der Waals surface area contributed by atoms with Crippen LogP contribution in [0.1, 0.15) is 22.8 Å². The molecule has 0 saturated heterocycles. The molecule has 0 heterocycles. The first-order valence-electron chi connectivity index (χ1n) is 6.57. The maximum Gasteiger partial charge on any atom is 0.379 e. The van der Waals surface area contributed by atoms with Gasteiger partial charge in [0.05, 0.1) is 12.2 Å². The number of ether oxygens (including phenoxy) is 1. The lowest BCUT2D eigenvalue weighted by Gasteiger charge is -2.10. The highest BCUT2D eigenvalue weighted by atomic mass is 16.5. The predicted molar refractivity (Wildman–Crippen MR) is 78.9 cm³/mol. The third-order valence-corrected chi connectivity index (χ3v) is 2.65. The van der Waals surface area contributed by atoms with Gasteiger partial charge in [-0.05, 0) is 13.8 Å². The van der Waals surface area contributed by atoms with Gasteiger partial charge >= 0.3 is 5.97 Å². The molecule has 1 rings (SSSR count). The molecule has 0 aromatic heterocycles. The Balaban J connectivity index is 3.14. The molecule has 21 heavy (non-hydrogen) atoms. The van der Waals surface area contributed by atoms with Crippen LogP contribution in [0.4, 0.5) is 0 Å². The largest absolute Gasteiger partial charge is 0.460 e. The van der Waals surface area contributed by atoms with Crippen LogP contribution >= 0.6 is 0 Å². The van der Waals surface area contributed by atoms with Crippen molar-refractivity contribution in [2.24, 2.45) is 0 Å². The van der Waals surface area contributed by atoms with E-state index in [2.05, 4.69) is 4.74 Å². The number of nitrogens with zero attached hydrogens (tertiary/aromatic N) is 1. The van der Waals surface area contributed by atoms with Crippen molar-refractivity contribution in [2.45, 2.75) is 13.8 Å². The summed E-state index contributed by atoms with van der Waals surface area (Å²) in [4.78, 5) is 37.6. The van der Waals surface area contributed by atoms with Gasteiger partial charge in [0.1, 0.15) is 0 Å². The molecule has 112 valence electrons. The number of hydrogen-bond donors (Lipinski definition) is 0. The van der Waals surface area contributed by atoms with Gasteiger partial charge in [0.25, 0.3) is 5.78 Å². The first-order chi connectivity index (χ1) is 9.86. The van der Waals surface area contributed by atoms with Crippen LogP contribution < -0.4 is 0 Å². The van der Waals surface area contributed by atoms with Gasteiger partial charge in [-0.2, -0.15) is 0 Å². The zero-order valence-electron chi connectivity index (χ0n) is 12.7. The number of rotatable bonds is 6. The van der Waals surface area contributed by atoms with E-state index < -0.39 is 17.5 Å². The summed E-state index contributed by atoms with van der Waals surface area (Å²) in [6.45, 7) is 3.58. The van der Waals surface area contributed by atoms with E-state index in [9.17, 15) is 14.4 Å². The van der Waals surface area contributed by atoms with E-state index in [-0.39, 0.29) is 12.2 Å². The number of carbonyl (C=O) groups excluding carboxylic acids is 3. The summed E-state index contributed by atoms with van der Waals surface area (Å²) in [7, 11) is 3.34. The predicted octanol–water partition coefficient (Wildman–Crippen LogP) is 1.76. The number of carbonyl (C=O) groups is 3. The first-order valence-corrected chi connectivity index (χ1v) is 6.57. The molecule has 0 aliphatic heterocycles. The van der Waals surface area contributed by atoms with Gasteiger partial charge < -0.3 is 9.64 Å². The summed E-state index contributed by atoms with van der Waals surface area (Å²) >= 11 is 0. The van der Waals surface area contributed by atoms with Crippen molar-refractivity contribution < 1.29 is 19.1 Å². The van der Waals surface area contributed by atoms with Gasteiger partial charge in [-0.1, -0.05) is 29.8 Å². The summed E-state index contributed by atoms with van der Waals surface area (Å²) in [5.74, 6) is -2.45. The van der Waals surface area contributed by atoms with E-state index in [0.717, 1.165) is 5.56 Å². The summed E-state index contributed by atoms with van der Waals surface area (Å²) in [6, 6.07) is 6.80. The van der Waals surface area contributed by atoms with Gasteiger partial charge in [0, 0.05) is 25.9 Å². The van der Waals surface area contributed by atoms with E-state index in [1.807, 2.05) is 6.92 Å². The summed E-state index contributed by atoms with van der Waals surface area (Å²) in [6.07, 6.45) is 1.33. The number of Topliss-reactive ketones (excluding diaryl/α,β-unsaturated/α-hetero) is 2. The molecular formula is C16H19NO4. The lowest BCUT2D eigenvalue weighted by atomic mass is 9.99. The smallest absolute Gasteiger partial charge is 0.379 e. The number of ketones is 2. The molecule has 0 unspecified atom stereocenters. The van der Waals surface area contributed by atoms with Gasteiger partial charge in [-0.3, -0.25) is 9.59 Å². The molecule has 0 N–H and O–H groups in total. The molecule has 0 atom stereocenters. The van der Waals surface area contributed by atoms with Crippen LogP contribution in [0.2, 0.25) is 0 Å². The number of benzene rings is 1. The molecular weight excluding hydrogens is 270 g/mol. The molecule has 0 aliphatic carbocycles. The summed E-state index contributed by atoms with van der Waals surface area (Å²) in [5.41, 5.74) is 1.15. The normalized spacial score (nSPS) is 11.0. The number of esters is 1. The Labute approximate surface area is 124 Å². The lowest BCUT2D eigenvalue weighted by Crippen LogP contribution is -2.25. The van der Waals surface area contributed by atoms with Crippen LogP contribution in [0.3, 0.4) is 0 Å². The molecule has 1 aromatic carbocycles. The van der Waals surface area contributed by atoms with Crippen LogP contribution in [-0.2, 0) is 14.3 Å². The van der Waals surface area contributed by atoms with Crippen LogP contribution in [-0.4, -0.2) is 43.1 Å². The maximum absolute atomic E-state index is 12.4. The lowest BCUT2D eigenvalue weighted by molar-refractivity contribution is -0.151. The molecule has 0 spiro atoms. The van der Waals surface area contributed by atoms with Crippen LogP contribution in [0.25, 0.3) is 0 Å². The monoisotopic (exact) mass is 289 g/mol. The molecule has 1 aromatic rings. The molecule has 0 saturated carbocycles. The third kappa shape index (κ3) is 4.56. The van der Waals surface area contributed by atoms with Crippen LogP contribution in [0.15, 0.2) is 36.0 Å². The van der Waals surface area contributed by atoms with Crippen LogP contribution in [0, 0.1) is 6.92 Å². The van der Waals surface area contributed by atoms with Gasteiger partial charge in [0.2, 0.25) is 0 Å². The molecule has 5 heteroatoms. The number of aryl methyl sites for hydroxylation is 1. The molecule has 0 radical (unpaired) electrons. The van der Waals surface area contributed by atoms with Crippen molar-refractivity contribution in [3.8, 4) is 0 Å². The molecule has 0 amide bonds.